The Kier molecular flexibility index (Phi) is 1.92. The summed E-state index contributed by atoms with van der Waals surface area (Å²) >= 11 is 0. The monoisotopic (exact) mass is 154 g/mol. The minimum atomic E-state index is 0.595. The van der Waals surface area contributed by atoms with E-state index in [2.05, 4.69) is 13.8 Å². The second-order valence-corrected chi connectivity index (χ2v) is 4.19. The van der Waals surface area contributed by atoms with Crippen molar-refractivity contribution >= 4 is 0 Å². The molecule has 3 rings (SSSR count). The molecule has 3 fully saturated rings. The summed E-state index contributed by atoms with van der Waals surface area (Å²) in [6, 6.07) is 0. The lowest BCUT2D eigenvalue weighted by atomic mass is 9.59. The fourth-order valence-electron chi connectivity index (χ4n) is 2.69. The van der Waals surface area contributed by atoms with E-state index >= 15 is 0 Å². The molecule has 0 aliphatic heterocycles. The molecule has 0 saturated heterocycles. The molecule has 0 aromatic carbocycles. The van der Waals surface area contributed by atoms with E-state index in [9.17, 15) is 0 Å². The quantitative estimate of drug-likeness (QED) is 0.593. The summed E-state index contributed by atoms with van der Waals surface area (Å²) in [7, 11) is 0. The maximum absolute atomic E-state index is 5.70. The Morgan fingerprint density at radius 1 is 1.27 bits per heavy atom. The molecule has 0 aromatic rings. The highest BCUT2D eigenvalue weighted by atomic mass is 16.5. The number of fused-ring (bicyclic) bond motifs is 2. The number of hydrogen-bond donors (Lipinski definition) is 0. The zero-order valence-electron chi connectivity index (χ0n) is 7.55. The lowest BCUT2D eigenvalue weighted by Gasteiger charge is -2.49. The maximum Gasteiger partial charge on any atom is 0.0605 e. The Balaban J connectivity index is 1.91. The number of hydrogen-bond acceptors (Lipinski definition) is 1. The predicted molar refractivity (Wildman–Crippen MR) is 45.4 cm³/mol. The molecular weight excluding hydrogens is 136 g/mol. The molecule has 3 saturated carbocycles. The topological polar surface area (TPSA) is 9.23 Å². The average Bonchev–Trinajstić information content (AvgIpc) is 1.90. The van der Waals surface area contributed by atoms with Gasteiger partial charge < -0.3 is 4.74 Å². The third-order valence-corrected chi connectivity index (χ3v) is 3.55. The van der Waals surface area contributed by atoms with E-state index in [-0.39, 0.29) is 0 Å². The van der Waals surface area contributed by atoms with Gasteiger partial charge in [-0.15, -0.1) is 0 Å². The summed E-state index contributed by atoms with van der Waals surface area (Å²) in [6.45, 7) is 5.36. The van der Waals surface area contributed by atoms with Crippen molar-refractivity contribution in [2.24, 2.45) is 17.8 Å². The summed E-state index contributed by atoms with van der Waals surface area (Å²) < 4.78 is 5.70. The normalized spacial score (nSPS) is 48.5. The van der Waals surface area contributed by atoms with Crippen molar-refractivity contribution in [2.45, 2.75) is 39.2 Å². The van der Waals surface area contributed by atoms with Crippen molar-refractivity contribution in [3.05, 3.63) is 0 Å². The first kappa shape index (κ1) is 7.60. The van der Waals surface area contributed by atoms with Gasteiger partial charge >= 0.3 is 0 Å². The Morgan fingerprint density at radius 3 is 2.55 bits per heavy atom. The molecule has 1 heteroatoms. The number of ether oxygens (including phenoxy) is 1. The van der Waals surface area contributed by atoms with Gasteiger partial charge in [0.15, 0.2) is 0 Å². The van der Waals surface area contributed by atoms with Gasteiger partial charge in [-0.2, -0.15) is 0 Å². The fraction of sp³-hybridized carbons (Fsp3) is 1.00. The molecular formula is C10H18O. The van der Waals surface area contributed by atoms with Gasteiger partial charge in [0.2, 0.25) is 0 Å². The first-order chi connectivity index (χ1) is 5.31. The summed E-state index contributed by atoms with van der Waals surface area (Å²) in [4.78, 5) is 0. The first-order valence-electron chi connectivity index (χ1n) is 4.92. The molecule has 11 heavy (non-hydrogen) atoms. The van der Waals surface area contributed by atoms with Crippen molar-refractivity contribution in [1.29, 1.82) is 0 Å². The Morgan fingerprint density at radius 2 is 2.00 bits per heavy atom. The molecule has 0 aromatic heterocycles. The summed E-state index contributed by atoms with van der Waals surface area (Å²) in [5, 5.41) is 0. The highest BCUT2D eigenvalue weighted by molar-refractivity contribution is 4.93. The second kappa shape index (κ2) is 2.78. The van der Waals surface area contributed by atoms with Gasteiger partial charge in [0.25, 0.3) is 0 Å². The predicted octanol–water partition coefficient (Wildman–Crippen LogP) is 2.46. The molecule has 2 bridgehead atoms. The van der Waals surface area contributed by atoms with Crippen LogP contribution in [0.2, 0.25) is 0 Å². The Labute approximate surface area is 69.1 Å². The largest absolute Gasteiger partial charge is 0.378 e. The van der Waals surface area contributed by atoms with E-state index in [4.69, 9.17) is 4.74 Å². The Hall–Kier alpha value is -0.0400. The minimum absolute atomic E-state index is 0.595. The van der Waals surface area contributed by atoms with Crippen LogP contribution in [0.4, 0.5) is 0 Å². The zero-order valence-corrected chi connectivity index (χ0v) is 7.55. The standard InChI is InChI=1S/C10H18O/c1-3-11-10-6-8-4-9(5-8)7(10)2/h7-10H,3-6H2,1-2H3. The third kappa shape index (κ3) is 1.20. The highest BCUT2D eigenvalue weighted by Gasteiger charge is 2.43. The molecule has 2 unspecified atom stereocenters. The van der Waals surface area contributed by atoms with E-state index in [0.29, 0.717) is 6.10 Å². The van der Waals surface area contributed by atoms with Crippen LogP contribution < -0.4 is 0 Å². The van der Waals surface area contributed by atoms with Crippen LogP contribution in [-0.2, 0) is 4.74 Å². The molecule has 0 heterocycles. The lowest BCUT2D eigenvalue weighted by molar-refractivity contribution is -0.0883. The molecule has 0 N–H and O–H groups in total. The van der Waals surface area contributed by atoms with Gasteiger partial charge in [-0.1, -0.05) is 6.92 Å². The molecule has 3 aliphatic rings. The third-order valence-electron chi connectivity index (χ3n) is 3.55. The van der Waals surface area contributed by atoms with Crippen LogP contribution in [0.1, 0.15) is 33.1 Å². The van der Waals surface area contributed by atoms with E-state index in [0.717, 1.165) is 24.4 Å². The first-order valence-corrected chi connectivity index (χ1v) is 4.92. The number of rotatable bonds is 2. The van der Waals surface area contributed by atoms with Gasteiger partial charge in [0.1, 0.15) is 0 Å². The van der Waals surface area contributed by atoms with Crippen molar-refractivity contribution in [1.82, 2.24) is 0 Å². The molecule has 0 radical (unpaired) electrons. The molecule has 1 nitrogen and oxygen atoms in total. The lowest BCUT2D eigenvalue weighted by Crippen LogP contribution is -2.44. The van der Waals surface area contributed by atoms with Gasteiger partial charge in [0, 0.05) is 6.61 Å². The van der Waals surface area contributed by atoms with Crippen molar-refractivity contribution in [3.8, 4) is 0 Å². The zero-order chi connectivity index (χ0) is 7.84. The van der Waals surface area contributed by atoms with Crippen LogP contribution >= 0.6 is 0 Å². The van der Waals surface area contributed by atoms with E-state index in [1.54, 1.807) is 0 Å². The van der Waals surface area contributed by atoms with Crippen LogP contribution in [0.15, 0.2) is 0 Å². The summed E-state index contributed by atoms with van der Waals surface area (Å²) in [5.41, 5.74) is 0. The average molecular weight is 154 g/mol. The van der Waals surface area contributed by atoms with Crippen LogP contribution in [0.3, 0.4) is 0 Å². The van der Waals surface area contributed by atoms with Crippen LogP contribution in [-0.4, -0.2) is 12.7 Å². The maximum atomic E-state index is 5.70. The molecule has 2 atom stereocenters. The van der Waals surface area contributed by atoms with E-state index < -0.39 is 0 Å². The van der Waals surface area contributed by atoms with E-state index in [1.165, 1.54) is 19.3 Å². The van der Waals surface area contributed by atoms with Crippen LogP contribution in [0, 0.1) is 17.8 Å². The summed E-state index contributed by atoms with van der Waals surface area (Å²) in [6.07, 6.45) is 4.92. The summed E-state index contributed by atoms with van der Waals surface area (Å²) in [5.74, 6) is 2.86. The molecule has 64 valence electrons. The highest BCUT2D eigenvalue weighted by Crippen LogP contribution is 2.49. The van der Waals surface area contributed by atoms with Crippen molar-refractivity contribution in [2.75, 3.05) is 6.61 Å². The SMILES string of the molecule is CCOC1CC2CC(C2)C1C. The molecule has 3 aliphatic carbocycles. The second-order valence-electron chi connectivity index (χ2n) is 4.19. The van der Waals surface area contributed by atoms with Crippen molar-refractivity contribution < 1.29 is 4.74 Å². The van der Waals surface area contributed by atoms with Gasteiger partial charge in [-0.25, -0.2) is 0 Å². The molecule has 0 spiro atoms. The van der Waals surface area contributed by atoms with Crippen molar-refractivity contribution in [3.63, 3.8) is 0 Å². The Bertz CT molecular complexity index is 138. The van der Waals surface area contributed by atoms with Crippen LogP contribution in [0.25, 0.3) is 0 Å². The smallest absolute Gasteiger partial charge is 0.0605 e. The van der Waals surface area contributed by atoms with E-state index in [1.807, 2.05) is 0 Å². The molecule has 0 amide bonds. The van der Waals surface area contributed by atoms with Gasteiger partial charge in [-0.3, -0.25) is 0 Å². The van der Waals surface area contributed by atoms with Crippen LogP contribution in [0.5, 0.6) is 0 Å². The van der Waals surface area contributed by atoms with Gasteiger partial charge in [-0.05, 0) is 43.9 Å². The fourth-order valence-corrected chi connectivity index (χ4v) is 2.69. The van der Waals surface area contributed by atoms with Gasteiger partial charge in [0.05, 0.1) is 6.10 Å². The minimum Gasteiger partial charge on any atom is -0.378 e.